The second kappa shape index (κ2) is 5.60. The average molecular weight is 263 g/mol. The lowest BCUT2D eigenvalue weighted by Crippen LogP contribution is -2.13. The monoisotopic (exact) mass is 263 g/mol. The molecule has 0 unspecified atom stereocenters. The van der Waals surface area contributed by atoms with Crippen LogP contribution in [0.25, 0.3) is 0 Å². The number of carbonyl (C=O) groups is 1. The highest BCUT2D eigenvalue weighted by Crippen LogP contribution is 2.21. The van der Waals surface area contributed by atoms with Crippen LogP contribution >= 0.6 is 0 Å². The van der Waals surface area contributed by atoms with Gasteiger partial charge in [0.15, 0.2) is 11.4 Å². The maximum atomic E-state index is 12.8. The summed E-state index contributed by atoms with van der Waals surface area (Å²) in [6.07, 6.45) is 3.34. The molecule has 2 aromatic rings. The van der Waals surface area contributed by atoms with Crippen LogP contribution in [0.3, 0.4) is 0 Å². The number of methoxy groups -OCH3 is 1. The van der Waals surface area contributed by atoms with Crippen molar-refractivity contribution in [3.63, 3.8) is 0 Å². The molecule has 0 radical (unpaired) electrons. The Labute approximate surface area is 110 Å². The van der Waals surface area contributed by atoms with Gasteiger partial charge in [-0.05, 0) is 18.6 Å². The van der Waals surface area contributed by atoms with Gasteiger partial charge in [0.2, 0.25) is 5.78 Å². The number of aromatic nitrogens is 3. The standard InChI is InChI=1S/C13H14FN3O2/c1-3-6-17-12(11(19-2)8-16-17)13(18)10-5-4-9(14)7-15-10/h4-5,7-8H,3,6H2,1-2H3. The number of halogens is 1. The quantitative estimate of drug-likeness (QED) is 0.775. The Morgan fingerprint density at radius 3 is 2.79 bits per heavy atom. The number of aryl methyl sites for hydroxylation is 1. The number of pyridine rings is 1. The van der Waals surface area contributed by atoms with Crippen LogP contribution in [-0.4, -0.2) is 27.7 Å². The molecule has 0 bridgehead atoms. The van der Waals surface area contributed by atoms with Gasteiger partial charge in [-0.2, -0.15) is 5.10 Å². The van der Waals surface area contributed by atoms with Crippen molar-refractivity contribution in [1.82, 2.24) is 14.8 Å². The summed E-state index contributed by atoms with van der Waals surface area (Å²) in [5.41, 5.74) is 0.501. The predicted octanol–water partition coefficient (Wildman–Crippen LogP) is 2.07. The number of rotatable bonds is 5. The van der Waals surface area contributed by atoms with E-state index < -0.39 is 5.82 Å². The average Bonchev–Trinajstić information content (AvgIpc) is 2.82. The van der Waals surface area contributed by atoms with Crippen LogP contribution in [0.15, 0.2) is 24.5 Å². The first-order chi connectivity index (χ1) is 9.17. The number of ketones is 1. The van der Waals surface area contributed by atoms with Gasteiger partial charge in [0, 0.05) is 6.54 Å². The maximum Gasteiger partial charge on any atom is 0.233 e. The minimum Gasteiger partial charge on any atom is -0.493 e. The lowest BCUT2D eigenvalue weighted by atomic mass is 10.2. The van der Waals surface area contributed by atoms with E-state index in [1.807, 2.05) is 6.92 Å². The summed E-state index contributed by atoms with van der Waals surface area (Å²) in [7, 11) is 1.47. The fourth-order valence-corrected chi connectivity index (χ4v) is 1.76. The van der Waals surface area contributed by atoms with Gasteiger partial charge in [0.25, 0.3) is 0 Å². The van der Waals surface area contributed by atoms with Crippen molar-refractivity contribution >= 4 is 5.78 Å². The Kier molecular flexibility index (Phi) is 3.89. The summed E-state index contributed by atoms with van der Waals surface area (Å²) in [6, 6.07) is 2.55. The molecule has 0 atom stereocenters. The third-order valence-corrected chi connectivity index (χ3v) is 2.64. The Hall–Kier alpha value is -2.24. The summed E-state index contributed by atoms with van der Waals surface area (Å²) < 4.78 is 19.5. The van der Waals surface area contributed by atoms with E-state index in [0.29, 0.717) is 18.0 Å². The Morgan fingerprint density at radius 2 is 2.21 bits per heavy atom. The van der Waals surface area contributed by atoms with Gasteiger partial charge < -0.3 is 4.74 Å². The largest absolute Gasteiger partial charge is 0.493 e. The van der Waals surface area contributed by atoms with Crippen molar-refractivity contribution in [2.45, 2.75) is 19.9 Å². The zero-order chi connectivity index (χ0) is 13.8. The zero-order valence-corrected chi connectivity index (χ0v) is 10.8. The van der Waals surface area contributed by atoms with E-state index in [0.717, 1.165) is 12.6 Å². The highest BCUT2D eigenvalue weighted by atomic mass is 19.1. The van der Waals surface area contributed by atoms with Gasteiger partial charge in [-0.25, -0.2) is 9.37 Å². The molecule has 6 heteroatoms. The Balaban J connectivity index is 2.42. The molecule has 0 spiro atoms. The second-order valence-electron chi connectivity index (χ2n) is 3.98. The molecule has 2 rings (SSSR count). The van der Waals surface area contributed by atoms with Crippen molar-refractivity contribution in [2.24, 2.45) is 0 Å². The maximum absolute atomic E-state index is 12.8. The van der Waals surface area contributed by atoms with Crippen LogP contribution in [0, 0.1) is 5.82 Å². The first-order valence-corrected chi connectivity index (χ1v) is 5.93. The van der Waals surface area contributed by atoms with Crippen LogP contribution in [0.5, 0.6) is 5.75 Å². The second-order valence-corrected chi connectivity index (χ2v) is 3.98. The van der Waals surface area contributed by atoms with E-state index in [1.165, 1.54) is 25.4 Å². The molecule has 0 amide bonds. The van der Waals surface area contributed by atoms with Gasteiger partial charge >= 0.3 is 0 Å². The molecule has 0 saturated heterocycles. The van der Waals surface area contributed by atoms with Crippen molar-refractivity contribution in [2.75, 3.05) is 7.11 Å². The number of ether oxygens (including phenoxy) is 1. The van der Waals surface area contributed by atoms with E-state index >= 15 is 0 Å². The lowest BCUT2D eigenvalue weighted by Gasteiger charge is -2.06. The minimum absolute atomic E-state index is 0.164. The topological polar surface area (TPSA) is 57.0 Å². The van der Waals surface area contributed by atoms with Gasteiger partial charge in [-0.1, -0.05) is 6.92 Å². The molecule has 2 aromatic heterocycles. The van der Waals surface area contributed by atoms with Crippen LogP contribution in [0.4, 0.5) is 4.39 Å². The molecular formula is C13H14FN3O2. The van der Waals surface area contributed by atoms with E-state index in [1.54, 1.807) is 4.68 Å². The number of hydrogen-bond acceptors (Lipinski definition) is 4. The molecule has 0 fully saturated rings. The SMILES string of the molecule is CCCn1ncc(OC)c1C(=O)c1ccc(F)cn1. The highest BCUT2D eigenvalue weighted by Gasteiger charge is 2.21. The van der Waals surface area contributed by atoms with Crippen LogP contribution in [0.1, 0.15) is 29.5 Å². The Bertz CT molecular complexity index is 578. The van der Waals surface area contributed by atoms with Gasteiger partial charge in [0.1, 0.15) is 11.5 Å². The number of carbonyl (C=O) groups excluding carboxylic acids is 1. The molecule has 0 N–H and O–H groups in total. The van der Waals surface area contributed by atoms with Crippen LogP contribution in [0.2, 0.25) is 0 Å². The molecular weight excluding hydrogens is 249 g/mol. The van der Waals surface area contributed by atoms with Gasteiger partial charge in [-0.3, -0.25) is 9.48 Å². The van der Waals surface area contributed by atoms with Crippen molar-refractivity contribution in [3.05, 3.63) is 41.7 Å². The first-order valence-electron chi connectivity index (χ1n) is 5.93. The summed E-state index contributed by atoms with van der Waals surface area (Å²) in [4.78, 5) is 16.2. The minimum atomic E-state index is -0.481. The van der Waals surface area contributed by atoms with Crippen molar-refractivity contribution < 1.29 is 13.9 Å². The van der Waals surface area contributed by atoms with Gasteiger partial charge in [-0.15, -0.1) is 0 Å². The lowest BCUT2D eigenvalue weighted by molar-refractivity contribution is 0.102. The van der Waals surface area contributed by atoms with Crippen molar-refractivity contribution in [3.8, 4) is 5.75 Å². The normalized spacial score (nSPS) is 10.5. The highest BCUT2D eigenvalue weighted by molar-refractivity contribution is 6.08. The molecule has 0 aliphatic heterocycles. The molecule has 0 aliphatic rings. The molecule has 0 aliphatic carbocycles. The van der Waals surface area contributed by atoms with Crippen LogP contribution in [-0.2, 0) is 6.54 Å². The fraction of sp³-hybridized carbons (Fsp3) is 0.308. The zero-order valence-electron chi connectivity index (χ0n) is 10.8. The van der Waals surface area contributed by atoms with Crippen molar-refractivity contribution in [1.29, 1.82) is 0 Å². The molecule has 100 valence electrons. The molecule has 19 heavy (non-hydrogen) atoms. The van der Waals surface area contributed by atoms with E-state index in [4.69, 9.17) is 4.74 Å². The smallest absolute Gasteiger partial charge is 0.233 e. The number of nitrogens with zero attached hydrogens (tertiary/aromatic N) is 3. The third-order valence-electron chi connectivity index (χ3n) is 2.64. The summed E-state index contributed by atoms with van der Waals surface area (Å²) in [6.45, 7) is 2.59. The number of hydrogen-bond donors (Lipinski definition) is 0. The summed E-state index contributed by atoms with van der Waals surface area (Å²) >= 11 is 0. The molecule has 0 aromatic carbocycles. The summed E-state index contributed by atoms with van der Waals surface area (Å²) in [5, 5.41) is 4.11. The predicted molar refractivity (Wildman–Crippen MR) is 66.7 cm³/mol. The van der Waals surface area contributed by atoms with E-state index in [-0.39, 0.29) is 11.5 Å². The van der Waals surface area contributed by atoms with E-state index in [9.17, 15) is 9.18 Å². The molecule has 2 heterocycles. The van der Waals surface area contributed by atoms with Gasteiger partial charge in [0.05, 0.1) is 19.5 Å². The Morgan fingerprint density at radius 1 is 1.42 bits per heavy atom. The third kappa shape index (κ3) is 2.62. The molecule has 5 nitrogen and oxygen atoms in total. The summed E-state index contributed by atoms with van der Waals surface area (Å²) in [5.74, 6) is -0.419. The van der Waals surface area contributed by atoms with E-state index in [2.05, 4.69) is 10.1 Å². The first kappa shape index (κ1) is 13.2. The fourth-order valence-electron chi connectivity index (χ4n) is 1.76. The van der Waals surface area contributed by atoms with Crippen LogP contribution < -0.4 is 4.74 Å². The molecule has 0 saturated carbocycles.